The molecule has 9 heteroatoms. The zero-order valence-electron chi connectivity index (χ0n) is 20.9. The van der Waals surface area contributed by atoms with Crippen LogP contribution in [-0.2, 0) is 13.1 Å². The van der Waals surface area contributed by atoms with Gasteiger partial charge in [0.25, 0.3) is 0 Å². The molecule has 6 rings (SSSR count). The second-order valence-corrected chi connectivity index (χ2v) is 10.1. The third kappa shape index (κ3) is 4.27. The van der Waals surface area contributed by atoms with Crippen molar-refractivity contribution in [3.63, 3.8) is 0 Å². The molecule has 0 unspecified atom stereocenters. The minimum atomic E-state index is -1.28. The number of rotatable bonds is 7. The first-order chi connectivity index (χ1) is 17.9. The summed E-state index contributed by atoms with van der Waals surface area (Å²) >= 11 is 0. The van der Waals surface area contributed by atoms with Crippen molar-refractivity contribution in [1.82, 2.24) is 19.0 Å². The number of halogens is 1. The molecule has 2 aromatic heterocycles. The summed E-state index contributed by atoms with van der Waals surface area (Å²) in [5, 5.41) is 9.60. The van der Waals surface area contributed by atoms with E-state index in [9.17, 15) is 14.7 Å². The van der Waals surface area contributed by atoms with E-state index >= 15 is 4.39 Å². The van der Waals surface area contributed by atoms with Crippen LogP contribution < -0.4 is 10.3 Å². The Kier molecular flexibility index (Phi) is 5.95. The molecule has 8 nitrogen and oxygen atoms in total. The van der Waals surface area contributed by atoms with Crippen LogP contribution in [0.1, 0.15) is 48.4 Å². The first kappa shape index (κ1) is 23.7. The number of anilines is 1. The van der Waals surface area contributed by atoms with Gasteiger partial charge in [-0.2, -0.15) is 0 Å². The molecule has 1 N–H and O–H groups in total. The van der Waals surface area contributed by atoms with Gasteiger partial charge in [-0.25, -0.2) is 14.2 Å². The standard InChI is InChI=1S/C28H30FN5O3/c1-2-9-33-23-6-4-3-5-22(23)30-26(33)17-31-10-12-32(13-11-31)25-15-24-19(14-21(25)29)27(35)20(28(36)37)16-34(24)18-7-8-18/h3-6,14-16,18H,2,7-13,17H2,1H3,(H,36,37). The van der Waals surface area contributed by atoms with Crippen molar-refractivity contribution in [2.75, 3.05) is 31.1 Å². The minimum absolute atomic E-state index is 0.126. The molecule has 3 heterocycles. The van der Waals surface area contributed by atoms with Gasteiger partial charge in [-0.15, -0.1) is 0 Å². The molecule has 0 spiro atoms. The van der Waals surface area contributed by atoms with Gasteiger partial charge >= 0.3 is 5.97 Å². The van der Waals surface area contributed by atoms with Crippen LogP contribution in [0.2, 0.25) is 0 Å². The highest BCUT2D eigenvalue weighted by Gasteiger charge is 2.29. The van der Waals surface area contributed by atoms with Crippen molar-refractivity contribution in [1.29, 1.82) is 0 Å². The third-order valence-electron chi connectivity index (χ3n) is 7.53. The fourth-order valence-corrected chi connectivity index (χ4v) is 5.47. The van der Waals surface area contributed by atoms with Crippen molar-refractivity contribution < 1.29 is 14.3 Å². The van der Waals surface area contributed by atoms with Gasteiger partial charge in [0, 0.05) is 50.3 Å². The molecule has 192 valence electrons. The van der Waals surface area contributed by atoms with Crippen LogP contribution in [0.5, 0.6) is 0 Å². The monoisotopic (exact) mass is 503 g/mol. The van der Waals surface area contributed by atoms with Gasteiger partial charge in [-0.05, 0) is 43.5 Å². The largest absolute Gasteiger partial charge is 0.477 e. The Morgan fingerprint density at radius 2 is 1.86 bits per heavy atom. The molecule has 1 saturated heterocycles. The van der Waals surface area contributed by atoms with Crippen molar-refractivity contribution in [2.24, 2.45) is 0 Å². The molecule has 0 bridgehead atoms. The lowest BCUT2D eigenvalue weighted by atomic mass is 10.1. The first-order valence-corrected chi connectivity index (χ1v) is 13.0. The number of aryl methyl sites for hydroxylation is 1. The van der Waals surface area contributed by atoms with Crippen molar-refractivity contribution in [3.05, 3.63) is 70.0 Å². The number of para-hydroxylation sites is 2. The summed E-state index contributed by atoms with van der Waals surface area (Å²) in [5.41, 5.74) is 2.28. The van der Waals surface area contributed by atoms with Crippen LogP contribution in [0.15, 0.2) is 47.4 Å². The van der Waals surface area contributed by atoms with E-state index in [0.717, 1.165) is 62.3 Å². The number of aromatic carboxylic acids is 1. The van der Waals surface area contributed by atoms with Crippen LogP contribution in [0.25, 0.3) is 21.9 Å². The second-order valence-electron chi connectivity index (χ2n) is 10.1. The molecular formula is C28H30FN5O3. The van der Waals surface area contributed by atoms with Crippen molar-refractivity contribution in [3.8, 4) is 0 Å². The number of hydrogen-bond donors (Lipinski definition) is 1. The summed E-state index contributed by atoms with van der Waals surface area (Å²) < 4.78 is 19.4. The van der Waals surface area contributed by atoms with Gasteiger partial charge in [0.1, 0.15) is 17.2 Å². The zero-order chi connectivity index (χ0) is 25.7. The molecule has 37 heavy (non-hydrogen) atoms. The van der Waals surface area contributed by atoms with E-state index in [-0.39, 0.29) is 17.0 Å². The Bertz CT molecular complexity index is 1560. The Morgan fingerprint density at radius 3 is 2.57 bits per heavy atom. The van der Waals surface area contributed by atoms with E-state index in [1.165, 1.54) is 12.3 Å². The van der Waals surface area contributed by atoms with Crippen LogP contribution in [0, 0.1) is 5.82 Å². The number of hydrogen-bond acceptors (Lipinski definition) is 5. The number of benzene rings is 2. The van der Waals surface area contributed by atoms with Crippen LogP contribution >= 0.6 is 0 Å². The first-order valence-electron chi connectivity index (χ1n) is 13.0. The number of fused-ring (bicyclic) bond motifs is 2. The van der Waals surface area contributed by atoms with E-state index in [4.69, 9.17) is 4.98 Å². The highest BCUT2D eigenvalue weighted by atomic mass is 19.1. The number of aromatic nitrogens is 3. The molecule has 1 aliphatic heterocycles. The van der Waals surface area contributed by atoms with Gasteiger partial charge in [0.2, 0.25) is 5.43 Å². The van der Waals surface area contributed by atoms with Crippen molar-refractivity contribution >= 4 is 33.6 Å². The van der Waals surface area contributed by atoms with Crippen molar-refractivity contribution in [2.45, 2.75) is 45.3 Å². The highest BCUT2D eigenvalue weighted by molar-refractivity contribution is 5.93. The van der Waals surface area contributed by atoms with E-state index in [0.29, 0.717) is 24.3 Å². The number of nitrogens with zero attached hydrogens (tertiary/aromatic N) is 5. The molecule has 1 aliphatic carbocycles. The molecule has 0 atom stereocenters. The minimum Gasteiger partial charge on any atom is -0.477 e. The lowest BCUT2D eigenvalue weighted by molar-refractivity contribution is 0.0695. The van der Waals surface area contributed by atoms with Gasteiger partial charge in [0.05, 0.1) is 28.8 Å². The smallest absolute Gasteiger partial charge is 0.341 e. The fraction of sp³-hybridized carbons (Fsp3) is 0.393. The van der Waals surface area contributed by atoms with E-state index in [1.54, 1.807) is 6.07 Å². The molecule has 2 aliphatic rings. The Morgan fingerprint density at radius 1 is 1.11 bits per heavy atom. The number of carboxylic acid groups (broad SMARTS) is 1. The summed E-state index contributed by atoms with van der Waals surface area (Å²) in [6.45, 7) is 6.65. The molecule has 0 radical (unpaired) electrons. The van der Waals surface area contributed by atoms with Crippen LogP contribution in [0.4, 0.5) is 10.1 Å². The maximum absolute atomic E-state index is 15.3. The lowest BCUT2D eigenvalue weighted by Gasteiger charge is -2.36. The molecule has 1 saturated carbocycles. The second kappa shape index (κ2) is 9.30. The summed E-state index contributed by atoms with van der Waals surface area (Å²) in [4.78, 5) is 33.6. The molecule has 2 fully saturated rings. The summed E-state index contributed by atoms with van der Waals surface area (Å²) in [7, 11) is 0. The number of pyridine rings is 1. The number of piperazine rings is 1. The van der Waals surface area contributed by atoms with Crippen LogP contribution in [0.3, 0.4) is 0 Å². The quantitative estimate of drug-likeness (QED) is 0.406. The van der Waals surface area contributed by atoms with Crippen LogP contribution in [-0.4, -0.2) is 56.3 Å². The van der Waals surface area contributed by atoms with Gasteiger partial charge in [0.15, 0.2) is 0 Å². The highest BCUT2D eigenvalue weighted by Crippen LogP contribution is 2.38. The van der Waals surface area contributed by atoms with E-state index < -0.39 is 17.2 Å². The van der Waals surface area contributed by atoms with E-state index in [2.05, 4.69) is 22.5 Å². The molecule has 2 aromatic carbocycles. The SMILES string of the molecule is CCCn1c(CN2CCN(c3cc4c(cc3F)c(=O)c(C(=O)O)cn4C3CC3)CC2)nc2ccccc21. The number of imidazole rings is 1. The Labute approximate surface area is 213 Å². The molecule has 0 amide bonds. The molecular weight excluding hydrogens is 473 g/mol. The average Bonchev–Trinajstić information content (AvgIpc) is 3.68. The summed E-state index contributed by atoms with van der Waals surface area (Å²) in [6.07, 6.45) is 4.30. The topological polar surface area (TPSA) is 83.6 Å². The maximum atomic E-state index is 15.3. The maximum Gasteiger partial charge on any atom is 0.341 e. The van der Waals surface area contributed by atoms with Gasteiger partial charge in [-0.3, -0.25) is 9.69 Å². The normalized spacial score (nSPS) is 16.6. The third-order valence-corrected chi connectivity index (χ3v) is 7.53. The fourth-order valence-electron chi connectivity index (χ4n) is 5.47. The predicted octanol–water partition coefficient (Wildman–Crippen LogP) is 4.26. The molecule has 4 aromatic rings. The number of carbonyl (C=O) groups is 1. The summed E-state index contributed by atoms with van der Waals surface area (Å²) in [6, 6.07) is 11.3. The Balaban J connectivity index is 1.25. The van der Waals surface area contributed by atoms with Gasteiger partial charge in [-0.1, -0.05) is 19.1 Å². The lowest BCUT2D eigenvalue weighted by Crippen LogP contribution is -2.46. The van der Waals surface area contributed by atoms with Gasteiger partial charge < -0.3 is 19.1 Å². The van der Waals surface area contributed by atoms with E-state index in [1.807, 2.05) is 27.7 Å². The number of carboxylic acids is 1. The average molecular weight is 504 g/mol. The Hall–Kier alpha value is -3.72. The predicted molar refractivity (Wildman–Crippen MR) is 141 cm³/mol. The summed E-state index contributed by atoms with van der Waals surface area (Å²) in [5.74, 6) is -0.724. The zero-order valence-corrected chi connectivity index (χ0v) is 20.9.